The first kappa shape index (κ1) is 20.7. The lowest BCUT2D eigenvalue weighted by Gasteiger charge is -2.12. The van der Waals surface area contributed by atoms with Gasteiger partial charge in [0, 0.05) is 20.1 Å². The van der Waals surface area contributed by atoms with Crippen molar-refractivity contribution in [1.29, 1.82) is 0 Å². The zero-order valence-corrected chi connectivity index (χ0v) is 18.4. The first-order valence-electron chi connectivity index (χ1n) is 8.39. The first-order chi connectivity index (χ1) is 13.2. The molecule has 0 bridgehead atoms. The second-order valence-corrected chi connectivity index (χ2v) is 8.28. The van der Waals surface area contributed by atoms with Crippen LogP contribution in [0.3, 0.4) is 0 Å². The first-order valence-corrected chi connectivity index (χ1v) is 9.93. The van der Waals surface area contributed by atoms with Gasteiger partial charge in [-0.3, -0.25) is 4.79 Å². The SMILES string of the molecule is COc1cc(Br)cc(C=C2C(=O)N(c3cc(Cl)cc(Cl)c3)N=C2C(C)C)c1O. The van der Waals surface area contributed by atoms with Gasteiger partial charge in [-0.2, -0.15) is 10.1 Å². The van der Waals surface area contributed by atoms with E-state index in [0.29, 0.717) is 42.8 Å². The summed E-state index contributed by atoms with van der Waals surface area (Å²) in [7, 11) is 1.46. The summed E-state index contributed by atoms with van der Waals surface area (Å²) in [5.74, 6) is -0.113. The van der Waals surface area contributed by atoms with Crippen LogP contribution < -0.4 is 9.75 Å². The van der Waals surface area contributed by atoms with Gasteiger partial charge in [-0.25, -0.2) is 0 Å². The quantitative estimate of drug-likeness (QED) is 0.549. The number of aromatic hydroxyl groups is 1. The number of carbonyl (C=O) groups is 1. The molecule has 0 saturated heterocycles. The highest BCUT2D eigenvalue weighted by Gasteiger charge is 2.33. The Hall–Kier alpha value is -2.02. The van der Waals surface area contributed by atoms with Crippen molar-refractivity contribution < 1.29 is 14.6 Å². The van der Waals surface area contributed by atoms with Gasteiger partial charge in [0.15, 0.2) is 11.5 Å². The molecule has 0 radical (unpaired) electrons. The Morgan fingerprint density at radius 1 is 1.18 bits per heavy atom. The van der Waals surface area contributed by atoms with Gasteiger partial charge in [0.25, 0.3) is 5.91 Å². The second kappa shape index (κ2) is 8.15. The number of rotatable bonds is 4. The van der Waals surface area contributed by atoms with Crippen molar-refractivity contribution in [3.8, 4) is 11.5 Å². The molecule has 1 aliphatic heterocycles. The fraction of sp³-hybridized carbons (Fsp3) is 0.200. The summed E-state index contributed by atoms with van der Waals surface area (Å²) in [4.78, 5) is 13.1. The molecule has 1 aliphatic rings. The number of hydrazone groups is 1. The number of phenolic OH excluding ortho intramolecular Hbond substituents is 1. The minimum atomic E-state index is -0.333. The van der Waals surface area contributed by atoms with Crippen LogP contribution >= 0.6 is 39.1 Å². The Kier molecular flexibility index (Phi) is 6.03. The Labute approximate surface area is 181 Å². The van der Waals surface area contributed by atoms with E-state index in [-0.39, 0.29) is 17.6 Å². The average molecular weight is 484 g/mol. The molecule has 0 atom stereocenters. The molecule has 0 spiro atoms. The van der Waals surface area contributed by atoms with Gasteiger partial charge in [0.2, 0.25) is 0 Å². The van der Waals surface area contributed by atoms with E-state index in [1.165, 1.54) is 12.1 Å². The van der Waals surface area contributed by atoms with Crippen LogP contribution in [0.2, 0.25) is 10.0 Å². The van der Waals surface area contributed by atoms with Crippen molar-refractivity contribution in [2.24, 2.45) is 11.0 Å². The molecule has 1 amide bonds. The molecule has 3 rings (SSSR count). The van der Waals surface area contributed by atoms with Crippen LogP contribution in [0.5, 0.6) is 11.5 Å². The van der Waals surface area contributed by atoms with Gasteiger partial charge in [0.1, 0.15) is 0 Å². The van der Waals surface area contributed by atoms with Gasteiger partial charge in [0.05, 0.1) is 24.1 Å². The van der Waals surface area contributed by atoms with Crippen molar-refractivity contribution >= 4 is 62.5 Å². The zero-order chi connectivity index (χ0) is 20.6. The number of anilines is 1. The maximum atomic E-state index is 13.1. The monoisotopic (exact) mass is 482 g/mol. The predicted molar refractivity (Wildman–Crippen MR) is 117 cm³/mol. The third kappa shape index (κ3) is 4.04. The highest BCUT2D eigenvalue weighted by atomic mass is 79.9. The molecule has 0 aromatic heterocycles. The molecule has 0 unspecified atom stereocenters. The van der Waals surface area contributed by atoms with Crippen LogP contribution in [0, 0.1) is 5.92 Å². The van der Waals surface area contributed by atoms with Crippen molar-refractivity contribution in [1.82, 2.24) is 0 Å². The standard InChI is InChI=1S/C20H17BrCl2N2O3/c1-10(2)18-16(5-11-4-12(21)6-17(28-3)19(11)26)20(27)25(24-18)15-8-13(22)7-14(23)9-15/h4-10,26H,1-3H3. The summed E-state index contributed by atoms with van der Waals surface area (Å²) in [6, 6.07) is 8.17. The molecule has 0 saturated carbocycles. The summed E-state index contributed by atoms with van der Waals surface area (Å²) in [6.45, 7) is 3.88. The number of hydrogen-bond acceptors (Lipinski definition) is 4. The molecule has 2 aromatic carbocycles. The molecule has 5 nitrogen and oxygen atoms in total. The highest BCUT2D eigenvalue weighted by molar-refractivity contribution is 9.10. The minimum absolute atomic E-state index is 0.0222. The molecular weight excluding hydrogens is 467 g/mol. The van der Waals surface area contributed by atoms with Crippen LogP contribution in [0.15, 0.2) is 45.5 Å². The second-order valence-electron chi connectivity index (χ2n) is 6.49. The van der Waals surface area contributed by atoms with E-state index < -0.39 is 0 Å². The van der Waals surface area contributed by atoms with Crippen LogP contribution in [0.4, 0.5) is 5.69 Å². The van der Waals surface area contributed by atoms with E-state index in [1.807, 2.05) is 13.8 Å². The molecule has 146 valence electrons. The van der Waals surface area contributed by atoms with E-state index in [2.05, 4.69) is 21.0 Å². The number of ether oxygens (including phenoxy) is 1. The van der Waals surface area contributed by atoms with E-state index in [4.69, 9.17) is 27.9 Å². The third-order valence-electron chi connectivity index (χ3n) is 4.13. The van der Waals surface area contributed by atoms with Gasteiger partial charge in [-0.1, -0.05) is 53.0 Å². The minimum Gasteiger partial charge on any atom is -0.504 e. The third-order valence-corrected chi connectivity index (χ3v) is 5.03. The summed E-state index contributed by atoms with van der Waals surface area (Å²) < 4.78 is 5.89. The maximum Gasteiger partial charge on any atom is 0.280 e. The van der Waals surface area contributed by atoms with E-state index in [0.717, 1.165) is 0 Å². The molecule has 28 heavy (non-hydrogen) atoms. The lowest BCUT2D eigenvalue weighted by atomic mass is 9.98. The Morgan fingerprint density at radius 3 is 2.39 bits per heavy atom. The number of benzene rings is 2. The molecule has 2 aromatic rings. The smallest absolute Gasteiger partial charge is 0.280 e. The van der Waals surface area contributed by atoms with E-state index in [1.54, 1.807) is 36.4 Å². The van der Waals surface area contributed by atoms with Crippen LogP contribution in [0.25, 0.3) is 6.08 Å². The Morgan fingerprint density at radius 2 is 1.82 bits per heavy atom. The van der Waals surface area contributed by atoms with Gasteiger partial charge < -0.3 is 9.84 Å². The number of hydrogen-bond donors (Lipinski definition) is 1. The number of nitrogens with zero attached hydrogens (tertiary/aromatic N) is 2. The average Bonchev–Trinajstić information content (AvgIpc) is 2.94. The summed E-state index contributed by atoms with van der Waals surface area (Å²) >= 11 is 15.5. The summed E-state index contributed by atoms with van der Waals surface area (Å²) in [5.41, 5.74) is 1.88. The number of phenols is 1. The molecular formula is C20H17BrCl2N2O3. The van der Waals surface area contributed by atoms with Gasteiger partial charge >= 0.3 is 0 Å². The number of methoxy groups -OCH3 is 1. The number of carbonyl (C=O) groups excluding carboxylic acids is 1. The highest BCUT2D eigenvalue weighted by Crippen LogP contribution is 2.37. The molecule has 1 heterocycles. The zero-order valence-electron chi connectivity index (χ0n) is 15.3. The van der Waals surface area contributed by atoms with Crippen molar-refractivity contribution in [2.75, 3.05) is 12.1 Å². The van der Waals surface area contributed by atoms with E-state index in [9.17, 15) is 9.90 Å². The Bertz CT molecular complexity index is 999. The molecule has 1 N–H and O–H groups in total. The molecule has 8 heteroatoms. The lowest BCUT2D eigenvalue weighted by molar-refractivity contribution is -0.114. The van der Waals surface area contributed by atoms with Crippen LogP contribution in [-0.2, 0) is 4.79 Å². The fourth-order valence-electron chi connectivity index (χ4n) is 2.84. The van der Waals surface area contributed by atoms with Gasteiger partial charge in [-0.15, -0.1) is 0 Å². The number of amides is 1. The molecule has 0 aliphatic carbocycles. The summed E-state index contributed by atoms with van der Waals surface area (Å²) in [5, 5.41) is 17.0. The van der Waals surface area contributed by atoms with E-state index >= 15 is 0 Å². The lowest BCUT2D eigenvalue weighted by Crippen LogP contribution is -2.21. The van der Waals surface area contributed by atoms with Crippen LogP contribution in [-0.4, -0.2) is 23.8 Å². The van der Waals surface area contributed by atoms with Crippen molar-refractivity contribution in [2.45, 2.75) is 13.8 Å². The van der Waals surface area contributed by atoms with Crippen molar-refractivity contribution in [3.05, 3.63) is 56.0 Å². The fourth-order valence-corrected chi connectivity index (χ4v) is 3.81. The van der Waals surface area contributed by atoms with Gasteiger partial charge in [-0.05, 0) is 42.3 Å². The molecule has 0 fully saturated rings. The number of halogens is 3. The normalized spacial score (nSPS) is 15.5. The maximum absolute atomic E-state index is 13.1. The predicted octanol–water partition coefficient (Wildman–Crippen LogP) is 5.91. The van der Waals surface area contributed by atoms with Crippen LogP contribution in [0.1, 0.15) is 19.4 Å². The topological polar surface area (TPSA) is 62.1 Å². The van der Waals surface area contributed by atoms with Crippen molar-refractivity contribution in [3.63, 3.8) is 0 Å². The summed E-state index contributed by atoms with van der Waals surface area (Å²) in [6.07, 6.45) is 1.61. The Balaban J connectivity index is 2.12. The largest absolute Gasteiger partial charge is 0.504 e.